The second-order valence-corrected chi connectivity index (χ2v) is 21.5. The SMILES string of the molecule is c1ccc(-c2ccc(-c3nc(-c4cccc(-c5ccccc5)c4)nc(-c4cc(-c5ccccc5)c(-n5c6c(-c7ccccc7)cc(-c7ccccc7)cc6c6cc(-c7ccccc7)cc(-c7ccccc7)c65)c(-c5ccccc5)c4)n3)cc2)cc1. The maximum absolute atomic E-state index is 5.52. The Morgan fingerprint density at radius 3 is 0.847 bits per heavy atom. The molecule has 4 nitrogen and oxygen atoms in total. The molecule has 0 radical (unpaired) electrons. The Kier molecular flexibility index (Phi) is 13.2. The van der Waals surface area contributed by atoms with Gasteiger partial charge in [0.15, 0.2) is 17.5 Å². The summed E-state index contributed by atoms with van der Waals surface area (Å²) in [6, 6.07) is 117. The van der Waals surface area contributed by atoms with Gasteiger partial charge in [0, 0.05) is 49.7 Å². The molecule has 0 bridgehead atoms. The highest BCUT2D eigenvalue weighted by Gasteiger charge is 2.28. The monoisotopic (exact) mass is 1080 g/mol. The Labute approximate surface area is 495 Å². The number of hydrogen-bond donors (Lipinski definition) is 0. The highest BCUT2D eigenvalue weighted by Crippen LogP contribution is 2.50. The van der Waals surface area contributed by atoms with Gasteiger partial charge in [-0.2, -0.15) is 0 Å². The number of rotatable bonds is 12. The number of hydrogen-bond acceptors (Lipinski definition) is 3. The third-order valence-corrected chi connectivity index (χ3v) is 16.2. The Hall–Kier alpha value is -11.3. The van der Waals surface area contributed by atoms with E-state index in [0.717, 1.165) is 133 Å². The lowest BCUT2D eigenvalue weighted by Gasteiger charge is -2.23. The molecule has 85 heavy (non-hydrogen) atoms. The molecule has 0 saturated heterocycles. The van der Waals surface area contributed by atoms with Gasteiger partial charge in [0.1, 0.15) is 0 Å². The van der Waals surface area contributed by atoms with Crippen molar-refractivity contribution in [1.29, 1.82) is 0 Å². The van der Waals surface area contributed by atoms with Gasteiger partial charge in [0.25, 0.3) is 0 Å². The number of benzene rings is 13. The van der Waals surface area contributed by atoms with Crippen LogP contribution >= 0.6 is 0 Å². The van der Waals surface area contributed by atoms with Crippen molar-refractivity contribution >= 4 is 21.8 Å². The summed E-state index contributed by atoms with van der Waals surface area (Å²) in [5.74, 6) is 1.74. The first-order valence-corrected chi connectivity index (χ1v) is 28.9. The van der Waals surface area contributed by atoms with Crippen molar-refractivity contribution < 1.29 is 0 Å². The van der Waals surface area contributed by atoms with E-state index in [0.29, 0.717) is 17.5 Å². The van der Waals surface area contributed by atoms with Crippen molar-refractivity contribution in [2.24, 2.45) is 0 Å². The molecular formula is C81H54N4. The fraction of sp³-hybridized carbons (Fsp3) is 0. The van der Waals surface area contributed by atoms with Crippen molar-refractivity contribution in [3.05, 3.63) is 328 Å². The summed E-state index contributed by atoms with van der Waals surface area (Å²) >= 11 is 0. The predicted octanol–water partition coefficient (Wildman–Crippen LogP) is 21.3. The minimum absolute atomic E-state index is 0.565. The normalized spacial score (nSPS) is 11.3. The van der Waals surface area contributed by atoms with E-state index in [9.17, 15) is 0 Å². The molecule has 0 spiro atoms. The average Bonchev–Trinajstić information content (AvgIpc) is 2.94. The van der Waals surface area contributed by atoms with E-state index in [1.165, 1.54) is 0 Å². The summed E-state index contributed by atoms with van der Waals surface area (Å²) in [6.07, 6.45) is 0. The first-order chi connectivity index (χ1) is 42.1. The number of fused-ring (bicyclic) bond motifs is 3. The summed E-state index contributed by atoms with van der Waals surface area (Å²) in [7, 11) is 0. The molecule has 15 aromatic rings. The van der Waals surface area contributed by atoms with E-state index in [1.807, 2.05) is 6.07 Å². The molecule has 0 atom stereocenters. The molecule has 0 saturated carbocycles. The van der Waals surface area contributed by atoms with Gasteiger partial charge in [-0.25, -0.2) is 15.0 Å². The molecule has 0 aliphatic rings. The molecule has 0 N–H and O–H groups in total. The third-order valence-electron chi connectivity index (χ3n) is 16.2. The molecular weight excluding hydrogens is 1030 g/mol. The second-order valence-electron chi connectivity index (χ2n) is 21.5. The van der Waals surface area contributed by atoms with Crippen LogP contribution in [-0.2, 0) is 0 Å². The zero-order valence-corrected chi connectivity index (χ0v) is 46.5. The van der Waals surface area contributed by atoms with Gasteiger partial charge in [-0.1, -0.05) is 285 Å². The van der Waals surface area contributed by atoms with E-state index in [2.05, 4.69) is 326 Å². The fourth-order valence-corrected chi connectivity index (χ4v) is 12.1. The quantitative estimate of drug-likeness (QED) is 0.122. The predicted molar refractivity (Wildman–Crippen MR) is 354 cm³/mol. The van der Waals surface area contributed by atoms with E-state index < -0.39 is 0 Å². The van der Waals surface area contributed by atoms with Gasteiger partial charge in [0.05, 0.1) is 16.7 Å². The lowest BCUT2D eigenvalue weighted by molar-refractivity contribution is 1.07. The van der Waals surface area contributed by atoms with Gasteiger partial charge in [0.2, 0.25) is 0 Å². The van der Waals surface area contributed by atoms with E-state index >= 15 is 0 Å². The van der Waals surface area contributed by atoms with Gasteiger partial charge in [-0.05, 0) is 109 Å². The molecule has 2 heterocycles. The third kappa shape index (κ3) is 9.78. The zero-order chi connectivity index (χ0) is 56.5. The highest BCUT2D eigenvalue weighted by atomic mass is 15.0. The first kappa shape index (κ1) is 50.6. The number of aromatic nitrogens is 4. The van der Waals surface area contributed by atoms with Crippen LogP contribution in [0.2, 0.25) is 0 Å². The molecule has 2 aromatic heterocycles. The minimum Gasteiger partial charge on any atom is -0.307 e. The average molecular weight is 1080 g/mol. The van der Waals surface area contributed by atoms with Crippen LogP contribution in [0.5, 0.6) is 0 Å². The molecule has 0 unspecified atom stereocenters. The molecule has 4 heteroatoms. The second kappa shape index (κ2) is 22.2. The molecule has 0 fully saturated rings. The summed E-state index contributed by atoms with van der Waals surface area (Å²) in [4.78, 5) is 16.3. The lowest BCUT2D eigenvalue weighted by atomic mass is 9.91. The smallest absolute Gasteiger partial charge is 0.164 e. The molecule has 0 amide bonds. The molecule has 398 valence electrons. The number of nitrogens with zero attached hydrogens (tertiary/aromatic N) is 4. The van der Waals surface area contributed by atoms with Crippen molar-refractivity contribution in [3.8, 4) is 129 Å². The maximum Gasteiger partial charge on any atom is 0.164 e. The summed E-state index contributed by atoms with van der Waals surface area (Å²) in [5, 5.41) is 2.30. The van der Waals surface area contributed by atoms with Crippen molar-refractivity contribution in [2.45, 2.75) is 0 Å². The van der Waals surface area contributed by atoms with Crippen LogP contribution in [-0.4, -0.2) is 19.5 Å². The van der Waals surface area contributed by atoms with Gasteiger partial charge in [-0.3, -0.25) is 0 Å². The van der Waals surface area contributed by atoms with E-state index in [-0.39, 0.29) is 0 Å². The van der Waals surface area contributed by atoms with Crippen LogP contribution in [0.3, 0.4) is 0 Å². The maximum atomic E-state index is 5.52. The molecule has 13 aromatic carbocycles. The topological polar surface area (TPSA) is 43.6 Å². The van der Waals surface area contributed by atoms with Crippen LogP contribution in [0.4, 0.5) is 0 Å². The lowest BCUT2D eigenvalue weighted by Crippen LogP contribution is -2.05. The van der Waals surface area contributed by atoms with E-state index in [4.69, 9.17) is 15.0 Å². The van der Waals surface area contributed by atoms with Crippen LogP contribution in [0.25, 0.3) is 151 Å². The Bertz CT molecular complexity index is 4660. The van der Waals surface area contributed by atoms with Crippen molar-refractivity contribution in [3.63, 3.8) is 0 Å². The van der Waals surface area contributed by atoms with E-state index in [1.54, 1.807) is 0 Å². The van der Waals surface area contributed by atoms with Gasteiger partial charge >= 0.3 is 0 Å². The van der Waals surface area contributed by atoms with Crippen LogP contribution in [0, 0.1) is 0 Å². The fourth-order valence-electron chi connectivity index (χ4n) is 12.1. The van der Waals surface area contributed by atoms with Crippen LogP contribution < -0.4 is 0 Å². The van der Waals surface area contributed by atoms with Crippen molar-refractivity contribution in [2.75, 3.05) is 0 Å². The summed E-state index contributed by atoms with van der Waals surface area (Å²) in [5.41, 5.74) is 23.6. The van der Waals surface area contributed by atoms with Gasteiger partial charge < -0.3 is 4.57 Å². The Balaban J connectivity index is 1.07. The first-order valence-electron chi connectivity index (χ1n) is 28.9. The molecule has 0 aliphatic heterocycles. The standard InChI is InChI=1S/C81H54N4/c1-9-26-55(27-10-1)59-44-46-64(47-45-59)79-82-80(66-43-25-42-65(48-66)56-28-11-2-12-29-56)84-81(83-79)69-53-72(62-38-21-7-22-39-62)76(73(54-69)63-40-23-8-24-41-63)85-77-70(60-34-17-5-18-35-60)49-67(57-30-13-3-14-31-57)51-74(77)75-52-68(58-32-15-4-16-33-58)50-71(78(75)85)61-36-19-6-20-37-61/h1-54H. The Morgan fingerprint density at radius 2 is 0.447 bits per heavy atom. The minimum atomic E-state index is 0.565. The molecule has 15 rings (SSSR count). The summed E-state index contributed by atoms with van der Waals surface area (Å²) < 4.78 is 2.60. The zero-order valence-electron chi connectivity index (χ0n) is 46.5. The molecule has 0 aliphatic carbocycles. The van der Waals surface area contributed by atoms with Crippen LogP contribution in [0.1, 0.15) is 0 Å². The highest BCUT2D eigenvalue weighted by molar-refractivity contribution is 6.20. The van der Waals surface area contributed by atoms with Crippen molar-refractivity contribution in [1.82, 2.24) is 19.5 Å². The summed E-state index contributed by atoms with van der Waals surface area (Å²) in [6.45, 7) is 0. The van der Waals surface area contributed by atoms with Crippen LogP contribution in [0.15, 0.2) is 328 Å². The Morgan fingerprint density at radius 1 is 0.176 bits per heavy atom. The van der Waals surface area contributed by atoms with Gasteiger partial charge in [-0.15, -0.1) is 0 Å². The largest absolute Gasteiger partial charge is 0.307 e.